The lowest BCUT2D eigenvalue weighted by Crippen LogP contribution is -2.48. The van der Waals surface area contributed by atoms with Gasteiger partial charge >= 0.3 is 0 Å². The highest BCUT2D eigenvalue weighted by Gasteiger charge is 2.59. The summed E-state index contributed by atoms with van der Waals surface area (Å²) in [6.07, 6.45) is 15.0. The zero-order valence-electron chi connectivity index (χ0n) is 33.7. The average molecular weight is 740 g/mol. The molecule has 6 aromatic carbocycles. The molecule has 0 aromatic heterocycles. The summed E-state index contributed by atoms with van der Waals surface area (Å²) in [5.74, 6) is 3.29. The van der Waals surface area contributed by atoms with Crippen molar-refractivity contribution in [3.8, 4) is 33.4 Å². The van der Waals surface area contributed by atoms with Crippen LogP contribution in [-0.2, 0) is 16.2 Å². The molecule has 0 heterocycles. The zero-order valence-corrected chi connectivity index (χ0v) is 33.7. The van der Waals surface area contributed by atoms with Crippen LogP contribution in [0.15, 0.2) is 127 Å². The molecule has 1 heteroatoms. The van der Waals surface area contributed by atoms with Gasteiger partial charge in [0.15, 0.2) is 0 Å². The van der Waals surface area contributed by atoms with E-state index in [-0.39, 0.29) is 16.2 Å². The van der Waals surface area contributed by atoms with Crippen molar-refractivity contribution in [3.05, 3.63) is 161 Å². The lowest BCUT2D eigenvalue weighted by Gasteiger charge is -2.53. The first-order valence-electron chi connectivity index (χ1n) is 22.5. The normalized spacial score (nSPS) is 27.1. The van der Waals surface area contributed by atoms with Gasteiger partial charge in [-0.2, -0.15) is 0 Å². The van der Waals surface area contributed by atoms with Crippen LogP contribution in [0, 0.1) is 23.7 Å². The minimum absolute atomic E-state index is 0.0678. The summed E-state index contributed by atoms with van der Waals surface area (Å²) >= 11 is 0. The van der Waals surface area contributed by atoms with E-state index < -0.39 is 0 Å². The van der Waals surface area contributed by atoms with Crippen molar-refractivity contribution in [2.24, 2.45) is 23.7 Å². The first-order chi connectivity index (χ1) is 27.9. The van der Waals surface area contributed by atoms with Gasteiger partial charge in [-0.15, -0.1) is 0 Å². The highest BCUT2D eigenvalue weighted by Crippen LogP contribution is 2.68. The van der Waals surface area contributed by atoms with Crippen LogP contribution in [0.4, 0.5) is 17.1 Å². The van der Waals surface area contributed by atoms with E-state index in [0.717, 1.165) is 23.7 Å². The van der Waals surface area contributed by atoms with Gasteiger partial charge in [-0.1, -0.05) is 131 Å². The smallest absolute Gasteiger partial charge is 0.0465 e. The Labute approximate surface area is 339 Å². The Kier molecular flexibility index (Phi) is 6.75. The van der Waals surface area contributed by atoms with Crippen molar-refractivity contribution in [1.29, 1.82) is 0 Å². The molecule has 5 atom stereocenters. The summed E-state index contributed by atoms with van der Waals surface area (Å²) in [6, 6.07) is 50.8. The SMILES string of the molecule is CC1(C)c2ccccc2-c2ccc(N(c3ccc4c(c3)C3(CCCCC3)c3ccccc3-4)c3ccc4c(c3)C3(c5ccccc5-4)C4CCC5CC(C4)CC3C5)cc21. The topological polar surface area (TPSA) is 3.24 Å². The van der Waals surface area contributed by atoms with Crippen LogP contribution in [0.5, 0.6) is 0 Å². The quantitative estimate of drug-likeness (QED) is 0.175. The molecule has 2 spiro atoms. The van der Waals surface area contributed by atoms with Crippen LogP contribution in [0.1, 0.15) is 118 Å². The van der Waals surface area contributed by atoms with Gasteiger partial charge in [0, 0.05) is 33.3 Å². The van der Waals surface area contributed by atoms with E-state index >= 15 is 0 Å². The van der Waals surface area contributed by atoms with Gasteiger partial charge in [-0.3, -0.25) is 0 Å². The molecular formula is C56H53N. The van der Waals surface area contributed by atoms with Crippen molar-refractivity contribution >= 4 is 17.1 Å². The van der Waals surface area contributed by atoms with Gasteiger partial charge in [0.2, 0.25) is 0 Å². The van der Waals surface area contributed by atoms with E-state index in [1.807, 2.05) is 0 Å². The second-order valence-electron chi connectivity index (χ2n) is 19.9. The van der Waals surface area contributed by atoms with Crippen molar-refractivity contribution in [2.45, 2.75) is 101 Å². The van der Waals surface area contributed by atoms with E-state index in [9.17, 15) is 0 Å². The fraction of sp³-hybridized carbons (Fsp3) is 0.357. The molecule has 6 aromatic rings. The Morgan fingerprint density at radius 2 is 0.930 bits per heavy atom. The predicted octanol–water partition coefficient (Wildman–Crippen LogP) is 14.8. The van der Waals surface area contributed by atoms with Gasteiger partial charge in [0.1, 0.15) is 0 Å². The molecule has 282 valence electrons. The highest BCUT2D eigenvalue weighted by molar-refractivity contribution is 5.90. The number of hydrogen-bond donors (Lipinski definition) is 0. The van der Waals surface area contributed by atoms with Crippen LogP contribution >= 0.6 is 0 Å². The predicted molar refractivity (Wildman–Crippen MR) is 236 cm³/mol. The van der Waals surface area contributed by atoms with Crippen LogP contribution < -0.4 is 4.90 Å². The second kappa shape index (κ2) is 11.6. The summed E-state index contributed by atoms with van der Waals surface area (Å²) in [5.41, 5.74) is 22.0. The van der Waals surface area contributed by atoms with Crippen molar-refractivity contribution in [2.75, 3.05) is 4.90 Å². The molecular weight excluding hydrogens is 687 g/mol. The minimum atomic E-state index is -0.0678. The lowest BCUT2D eigenvalue weighted by atomic mass is 9.51. The molecule has 0 radical (unpaired) electrons. The lowest BCUT2D eigenvalue weighted by molar-refractivity contribution is 0.0618. The summed E-state index contributed by atoms with van der Waals surface area (Å²) in [7, 11) is 0. The first kappa shape index (κ1) is 33.1. The fourth-order valence-electron chi connectivity index (χ4n) is 15.0. The number of hydrogen-bond acceptors (Lipinski definition) is 1. The van der Waals surface area contributed by atoms with Crippen molar-refractivity contribution in [1.82, 2.24) is 0 Å². The minimum Gasteiger partial charge on any atom is -0.310 e. The molecule has 4 bridgehead atoms. The zero-order chi connectivity index (χ0) is 37.7. The largest absolute Gasteiger partial charge is 0.310 e. The molecule has 14 rings (SSSR count). The van der Waals surface area contributed by atoms with Crippen LogP contribution in [0.3, 0.4) is 0 Å². The van der Waals surface area contributed by atoms with Crippen molar-refractivity contribution < 1.29 is 0 Å². The fourth-order valence-corrected chi connectivity index (χ4v) is 15.0. The van der Waals surface area contributed by atoms with Crippen molar-refractivity contribution in [3.63, 3.8) is 0 Å². The molecule has 0 saturated heterocycles. The van der Waals surface area contributed by atoms with Crippen LogP contribution in [0.25, 0.3) is 33.4 Å². The summed E-state index contributed by atoms with van der Waals surface area (Å²) in [4.78, 5) is 2.67. The van der Waals surface area contributed by atoms with Gasteiger partial charge < -0.3 is 4.90 Å². The Morgan fingerprint density at radius 3 is 1.65 bits per heavy atom. The third-order valence-electron chi connectivity index (χ3n) is 17.1. The first-order valence-corrected chi connectivity index (χ1v) is 22.5. The molecule has 5 saturated carbocycles. The molecule has 5 unspecified atom stereocenters. The Hall–Kier alpha value is -4.88. The maximum atomic E-state index is 2.71. The van der Waals surface area contributed by atoms with Gasteiger partial charge in [-0.25, -0.2) is 0 Å². The molecule has 57 heavy (non-hydrogen) atoms. The summed E-state index contributed by atoms with van der Waals surface area (Å²) < 4.78 is 0. The third kappa shape index (κ3) is 4.26. The van der Waals surface area contributed by atoms with Gasteiger partial charge in [0.05, 0.1) is 0 Å². The standard InChI is InChI=1S/C56H53N/c1-54(2)48-15-7-4-12-42(48)45-23-20-39(32-51(45)54)57(40-21-24-46-43-13-5-8-16-49(43)55(52(46)33-40)26-10-3-11-27-55)41-22-25-47-44-14-6-9-17-50(44)56(53(47)34-41)37-19-18-35-28-36(30-37)31-38(56)29-35/h4-9,12-17,20-25,32-38H,3,10-11,18-19,26-31H2,1-2H3. The number of benzene rings is 6. The highest BCUT2D eigenvalue weighted by atomic mass is 15.1. The van der Waals surface area contributed by atoms with Crippen LogP contribution in [0.2, 0.25) is 0 Å². The molecule has 5 fully saturated rings. The summed E-state index contributed by atoms with van der Waals surface area (Å²) in [6.45, 7) is 4.86. The van der Waals surface area contributed by atoms with Crippen LogP contribution in [-0.4, -0.2) is 0 Å². The summed E-state index contributed by atoms with van der Waals surface area (Å²) in [5, 5.41) is 0. The number of nitrogens with zero attached hydrogens (tertiary/aromatic N) is 1. The average Bonchev–Trinajstić information content (AvgIpc) is 3.69. The third-order valence-corrected chi connectivity index (χ3v) is 17.1. The number of anilines is 3. The van der Waals surface area contributed by atoms with Gasteiger partial charge in [-0.05, 0) is 172 Å². The van der Waals surface area contributed by atoms with E-state index in [0.29, 0.717) is 0 Å². The maximum Gasteiger partial charge on any atom is 0.0465 e. The number of rotatable bonds is 3. The van der Waals surface area contributed by atoms with E-state index in [1.54, 1.807) is 22.3 Å². The molecule has 1 nitrogen and oxygen atoms in total. The number of fused-ring (bicyclic) bond motifs is 12. The molecule has 0 aliphatic heterocycles. The van der Waals surface area contributed by atoms with Gasteiger partial charge in [0.25, 0.3) is 0 Å². The molecule has 8 aliphatic rings. The van der Waals surface area contributed by atoms with E-state index in [4.69, 9.17) is 0 Å². The molecule has 8 aliphatic carbocycles. The Morgan fingerprint density at radius 1 is 0.421 bits per heavy atom. The maximum absolute atomic E-state index is 2.71. The second-order valence-corrected chi connectivity index (χ2v) is 19.9. The van der Waals surface area contributed by atoms with E-state index in [1.165, 1.54) is 132 Å². The monoisotopic (exact) mass is 739 g/mol. The molecule has 0 N–H and O–H groups in total. The Balaban J connectivity index is 1.04. The molecule has 0 amide bonds. The Bertz CT molecular complexity index is 2640. The van der Waals surface area contributed by atoms with E-state index in [2.05, 4.69) is 146 Å².